The van der Waals surface area contributed by atoms with Gasteiger partial charge in [-0.05, 0) is 17.7 Å². The van der Waals surface area contributed by atoms with Crippen LogP contribution in [0.5, 0.6) is 0 Å². The third-order valence-electron chi connectivity index (χ3n) is 2.63. The molecule has 1 atom stereocenters. The van der Waals surface area contributed by atoms with Gasteiger partial charge in [-0.1, -0.05) is 12.1 Å². The summed E-state index contributed by atoms with van der Waals surface area (Å²) >= 11 is 0. The number of nitrogens with zero attached hydrogens (tertiary/aromatic N) is 2. The first kappa shape index (κ1) is 13.5. The summed E-state index contributed by atoms with van der Waals surface area (Å²) in [5.41, 5.74) is 0.291. The van der Waals surface area contributed by atoms with E-state index in [-0.39, 0.29) is 6.42 Å². The molecule has 0 amide bonds. The Bertz CT molecular complexity index is 526. The van der Waals surface area contributed by atoms with E-state index < -0.39 is 17.8 Å². The molecule has 0 fully saturated rings. The van der Waals surface area contributed by atoms with E-state index in [4.69, 9.17) is 0 Å². The average molecular weight is 268 g/mol. The molecule has 0 saturated carbocycles. The SMILES string of the molecule is OC(Cc1ccc(C(F)(F)F)cc1)c1cnccn1. The topological polar surface area (TPSA) is 46.0 Å². The minimum Gasteiger partial charge on any atom is -0.386 e. The Morgan fingerprint density at radius 1 is 1.11 bits per heavy atom. The third kappa shape index (κ3) is 3.51. The number of hydrogen-bond acceptors (Lipinski definition) is 3. The Morgan fingerprint density at radius 3 is 2.32 bits per heavy atom. The lowest BCUT2D eigenvalue weighted by atomic mass is 10.0. The third-order valence-corrected chi connectivity index (χ3v) is 2.63. The zero-order chi connectivity index (χ0) is 13.9. The summed E-state index contributed by atoms with van der Waals surface area (Å²) < 4.78 is 37.1. The number of halogens is 3. The van der Waals surface area contributed by atoms with Crippen molar-refractivity contribution < 1.29 is 18.3 Å². The molecule has 0 aliphatic heterocycles. The van der Waals surface area contributed by atoms with Gasteiger partial charge in [0.15, 0.2) is 0 Å². The maximum atomic E-state index is 12.4. The number of aliphatic hydroxyl groups excluding tert-OH is 1. The summed E-state index contributed by atoms with van der Waals surface area (Å²) in [5, 5.41) is 9.88. The first-order valence-electron chi connectivity index (χ1n) is 5.57. The fraction of sp³-hybridized carbons (Fsp3) is 0.231. The molecule has 1 N–H and O–H groups in total. The largest absolute Gasteiger partial charge is 0.416 e. The maximum absolute atomic E-state index is 12.4. The monoisotopic (exact) mass is 268 g/mol. The molecule has 1 aromatic carbocycles. The molecule has 2 rings (SSSR count). The lowest BCUT2D eigenvalue weighted by Crippen LogP contribution is -2.07. The molecule has 0 bridgehead atoms. The van der Waals surface area contributed by atoms with Crippen molar-refractivity contribution in [3.05, 3.63) is 59.7 Å². The number of aromatic nitrogens is 2. The molecule has 1 aromatic heterocycles. The lowest BCUT2D eigenvalue weighted by molar-refractivity contribution is -0.137. The van der Waals surface area contributed by atoms with Gasteiger partial charge in [0, 0.05) is 18.8 Å². The first-order valence-corrected chi connectivity index (χ1v) is 5.57. The van der Waals surface area contributed by atoms with E-state index in [0.29, 0.717) is 11.3 Å². The second kappa shape index (κ2) is 5.36. The van der Waals surface area contributed by atoms with Crippen molar-refractivity contribution in [2.24, 2.45) is 0 Å². The van der Waals surface area contributed by atoms with E-state index in [0.717, 1.165) is 12.1 Å². The van der Waals surface area contributed by atoms with Gasteiger partial charge in [0.05, 0.1) is 17.5 Å². The predicted octanol–water partition coefficient (Wildman–Crippen LogP) is 2.77. The highest BCUT2D eigenvalue weighted by molar-refractivity contribution is 5.25. The van der Waals surface area contributed by atoms with Crippen LogP contribution in [0.15, 0.2) is 42.9 Å². The van der Waals surface area contributed by atoms with Gasteiger partial charge in [0.25, 0.3) is 0 Å². The van der Waals surface area contributed by atoms with Crippen LogP contribution in [-0.2, 0) is 12.6 Å². The Kier molecular flexibility index (Phi) is 3.80. The molecule has 100 valence electrons. The summed E-state index contributed by atoms with van der Waals surface area (Å²) in [4.78, 5) is 7.76. The van der Waals surface area contributed by atoms with Gasteiger partial charge in [0.1, 0.15) is 6.10 Å². The Hall–Kier alpha value is -1.95. The van der Waals surface area contributed by atoms with Gasteiger partial charge < -0.3 is 5.11 Å². The van der Waals surface area contributed by atoms with Crippen molar-refractivity contribution >= 4 is 0 Å². The van der Waals surface area contributed by atoms with Gasteiger partial charge in [-0.3, -0.25) is 9.97 Å². The summed E-state index contributed by atoms with van der Waals surface area (Å²) in [6, 6.07) is 4.70. The van der Waals surface area contributed by atoms with Gasteiger partial charge in [-0.2, -0.15) is 13.2 Å². The molecule has 0 spiro atoms. The molecule has 0 aliphatic rings. The summed E-state index contributed by atoms with van der Waals surface area (Å²) in [5.74, 6) is 0. The average Bonchev–Trinajstić information content (AvgIpc) is 2.39. The minimum atomic E-state index is -4.35. The highest BCUT2D eigenvalue weighted by Crippen LogP contribution is 2.29. The van der Waals surface area contributed by atoms with Crippen molar-refractivity contribution in [2.45, 2.75) is 18.7 Å². The number of benzene rings is 1. The van der Waals surface area contributed by atoms with Crippen LogP contribution in [0, 0.1) is 0 Å². The standard InChI is InChI=1S/C13H11F3N2O/c14-13(15,16)10-3-1-9(2-4-10)7-12(19)11-8-17-5-6-18-11/h1-6,8,12,19H,7H2. The van der Waals surface area contributed by atoms with E-state index in [1.165, 1.54) is 30.7 Å². The maximum Gasteiger partial charge on any atom is 0.416 e. The van der Waals surface area contributed by atoms with Crippen LogP contribution < -0.4 is 0 Å². The fourth-order valence-electron chi connectivity index (χ4n) is 1.64. The van der Waals surface area contributed by atoms with E-state index in [2.05, 4.69) is 9.97 Å². The fourth-order valence-corrected chi connectivity index (χ4v) is 1.64. The molecular weight excluding hydrogens is 257 g/mol. The number of alkyl halides is 3. The van der Waals surface area contributed by atoms with Crippen molar-refractivity contribution in [1.82, 2.24) is 9.97 Å². The highest BCUT2D eigenvalue weighted by Gasteiger charge is 2.29. The first-order chi connectivity index (χ1) is 8.97. The van der Waals surface area contributed by atoms with E-state index in [9.17, 15) is 18.3 Å². The Morgan fingerprint density at radius 2 is 1.79 bits per heavy atom. The second-order valence-electron chi connectivity index (χ2n) is 4.04. The summed E-state index contributed by atoms with van der Waals surface area (Å²) in [7, 11) is 0. The van der Waals surface area contributed by atoms with Crippen molar-refractivity contribution in [2.75, 3.05) is 0 Å². The predicted molar refractivity (Wildman–Crippen MR) is 62.1 cm³/mol. The van der Waals surface area contributed by atoms with Crippen molar-refractivity contribution in [1.29, 1.82) is 0 Å². The molecule has 3 nitrogen and oxygen atoms in total. The van der Waals surface area contributed by atoms with Crippen LogP contribution in [0.2, 0.25) is 0 Å². The van der Waals surface area contributed by atoms with Gasteiger partial charge >= 0.3 is 6.18 Å². The van der Waals surface area contributed by atoms with Gasteiger partial charge in [0.2, 0.25) is 0 Å². The molecule has 1 unspecified atom stereocenters. The Balaban J connectivity index is 2.08. The van der Waals surface area contributed by atoms with Crippen LogP contribution in [0.25, 0.3) is 0 Å². The smallest absolute Gasteiger partial charge is 0.386 e. The molecule has 0 aliphatic carbocycles. The Labute approximate surface area is 107 Å². The molecule has 6 heteroatoms. The van der Waals surface area contributed by atoms with Gasteiger partial charge in [-0.25, -0.2) is 0 Å². The lowest BCUT2D eigenvalue weighted by Gasteiger charge is -2.11. The zero-order valence-corrected chi connectivity index (χ0v) is 9.80. The summed E-state index contributed by atoms with van der Waals surface area (Å²) in [6.07, 6.45) is -0.682. The number of rotatable bonds is 3. The minimum absolute atomic E-state index is 0.191. The molecular formula is C13H11F3N2O. The quantitative estimate of drug-likeness (QED) is 0.931. The van der Waals surface area contributed by atoms with Crippen LogP contribution in [0.4, 0.5) is 13.2 Å². The van der Waals surface area contributed by atoms with E-state index in [1.54, 1.807) is 0 Å². The van der Waals surface area contributed by atoms with Crippen molar-refractivity contribution in [3.63, 3.8) is 0 Å². The number of aliphatic hydroxyl groups is 1. The van der Waals surface area contributed by atoms with E-state index in [1.807, 2.05) is 0 Å². The normalized spacial score (nSPS) is 13.3. The van der Waals surface area contributed by atoms with E-state index >= 15 is 0 Å². The van der Waals surface area contributed by atoms with Crippen LogP contribution in [0.3, 0.4) is 0 Å². The molecule has 0 radical (unpaired) electrons. The zero-order valence-electron chi connectivity index (χ0n) is 9.80. The van der Waals surface area contributed by atoms with Crippen molar-refractivity contribution in [3.8, 4) is 0 Å². The highest BCUT2D eigenvalue weighted by atomic mass is 19.4. The number of hydrogen-bond donors (Lipinski definition) is 1. The van der Waals surface area contributed by atoms with Crippen LogP contribution in [-0.4, -0.2) is 15.1 Å². The van der Waals surface area contributed by atoms with Crippen LogP contribution >= 0.6 is 0 Å². The molecule has 19 heavy (non-hydrogen) atoms. The summed E-state index contributed by atoms with van der Waals surface area (Å²) in [6.45, 7) is 0. The van der Waals surface area contributed by atoms with Gasteiger partial charge in [-0.15, -0.1) is 0 Å². The molecule has 2 aromatic rings. The molecule has 1 heterocycles. The molecule has 0 saturated heterocycles. The second-order valence-corrected chi connectivity index (χ2v) is 4.04. The van der Waals surface area contributed by atoms with Crippen LogP contribution in [0.1, 0.15) is 22.9 Å².